The van der Waals surface area contributed by atoms with Crippen molar-refractivity contribution in [2.75, 3.05) is 0 Å². The summed E-state index contributed by atoms with van der Waals surface area (Å²) in [6, 6.07) is 1.91. The second kappa shape index (κ2) is 4.16. The Morgan fingerprint density at radius 3 is 2.57 bits per heavy atom. The van der Waals surface area contributed by atoms with Crippen LogP contribution in [0.25, 0.3) is 5.57 Å². The monoisotopic (exact) mass is 206 g/mol. The fourth-order valence-electron chi connectivity index (χ4n) is 1.06. The highest BCUT2D eigenvalue weighted by Gasteiger charge is 2.11. The number of thiazole rings is 1. The van der Waals surface area contributed by atoms with Crippen molar-refractivity contribution in [1.82, 2.24) is 4.98 Å². The summed E-state index contributed by atoms with van der Waals surface area (Å²) in [4.78, 5) is 15.3. The van der Waals surface area contributed by atoms with Crippen LogP contribution in [-0.2, 0) is 4.79 Å². The molecular formula is C10H10N2OS. The van der Waals surface area contributed by atoms with Crippen molar-refractivity contribution in [1.29, 1.82) is 5.26 Å². The quantitative estimate of drug-likeness (QED) is 0.551. The Labute approximate surface area is 86.7 Å². The van der Waals surface area contributed by atoms with Crippen LogP contribution in [-0.4, -0.2) is 10.8 Å². The Balaban J connectivity index is 3.22. The highest BCUT2D eigenvalue weighted by molar-refractivity contribution is 7.10. The standard InChI is InChI=1S/C10H10N2OS/c1-6-5-14-10(12-6)7(2)9(4-11)8(3)13/h5H,1-3H3/b9-7-. The lowest BCUT2D eigenvalue weighted by Gasteiger charge is -1.97. The Kier molecular flexibility index (Phi) is 3.15. The fourth-order valence-corrected chi connectivity index (χ4v) is 1.87. The molecule has 0 atom stereocenters. The molecule has 0 bridgehead atoms. The Morgan fingerprint density at radius 1 is 1.57 bits per heavy atom. The van der Waals surface area contributed by atoms with Crippen LogP contribution in [0.1, 0.15) is 24.5 Å². The molecule has 0 radical (unpaired) electrons. The van der Waals surface area contributed by atoms with E-state index in [1.807, 2.05) is 18.4 Å². The zero-order chi connectivity index (χ0) is 10.7. The molecule has 1 heterocycles. The van der Waals surface area contributed by atoms with E-state index in [1.54, 1.807) is 6.92 Å². The van der Waals surface area contributed by atoms with E-state index in [-0.39, 0.29) is 11.4 Å². The SMILES string of the molecule is CC(=O)/C(C#N)=C(/C)c1nc(C)cs1. The van der Waals surface area contributed by atoms with Gasteiger partial charge in [0.2, 0.25) is 0 Å². The smallest absolute Gasteiger partial charge is 0.170 e. The lowest BCUT2D eigenvalue weighted by Crippen LogP contribution is -1.97. The van der Waals surface area contributed by atoms with Gasteiger partial charge in [-0.1, -0.05) is 0 Å². The zero-order valence-corrected chi connectivity index (χ0v) is 9.10. The van der Waals surface area contributed by atoms with Crippen LogP contribution in [0.2, 0.25) is 0 Å². The minimum absolute atomic E-state index is 0.194. The molecule has 1 aromatic heterocycles. The zero-order valence-electron chi connectivity index (χ0n) is 8.29. The van der Waals surface area contributed by atoms with E-state index in [9.17, 15) is 4.79 Å². The number of rotatable bonds is 2. The lowest BCUT2D eigenvalue weighted by atomic mass is 10.1. The topological polar surface area (TPSA) is 53.8 Å². The summed E-state index contributed by atoms with van der Waals surface area (Å²) >= 11 is 1.45. The molecule has 3 nitrogen and oxygen atoms in total. The van der Waals surface area contributed by atoms with Gasteiger partial charge in [-0.25, -0.2) is 4.98 Å². The number of allylic oxidation sites excluding steroid dienone is 2. The maximum absolute atomic E-state index is 11.1. The molecule has 72 valence electrons. The van der Waals surface area contributed by atoms with Gasteiger partial charge in [-0.05, 0) is 20.8 Å². The van der Waals surface area contributed by atoms with E-state index in [0.717, 1.165) is 10.7 Å². The van der Waals surface area contributed by atoms with E-state index in [2.05, 4.69) is 4.98 Å². The predicted molar refractivity (Wildman–Crippen MR) is 55.7 cm³/mol. The summed E-state index contributed by atoms with van der Waals surface area (Å²) in [7, 11) is 0. The average Bonchev–Trinajstić information content (AvgIpc) is 2.52. The summed E-state index contributed by atoms with van der Waals surface area (Å²) in [6.07, 6.45) is 0. The first-order valence-electron chi connectivity index (χ1n) is 4.10. The number of aryl methyl sites for hydroxylation is 1. The van der Waals surface area contributed by atoms with Crippen LogP contribution in [0.5, 0.6) is 0 Å². The van der Waals surface area contributed by atoms with E-state index in [0.29, 0.717) is 5.57 Å². The van der Waals surface area contributed by atoms with Gasteiger partial charge in [0.25, 0.3) is 0 Å². The first kappa shape index (κ1) is 10.6. The van der Waals surface area contributed by atoms with Crippen molar-refractivity contribution >= 4 is 22.7 Å². The maximum atomic E-state index is 11.1. The Bertz CT molecular complexity index is 437. The van der Waals surface area contributed by atoms with Gasteiger partial charge in [-0.2, -0.15) is 5.26 Å². The molecule has 4 heteroatoms. The minimum atomic E-state index is -0.210. The number of ketones is 1. The average molecular weight is 206 g/mol. The van der Waals surface area contributed by atoms with Gasteiger partial charge in [0.15, 0.2) is 5.78 Å². The molecule has 0 aliphatic rings. The first-order valence-corrected chi connectivity index (χ1v) is 4.98. The van der Waals surface area contributed by atoms with Gasteiger partial charge < -0.3 is 0 Å². The number of Topliss-reactive ketones (excluding diaryl/α,β-unsaturated/α-hetero) is 1. The number of nitrogens with zero attached hydrogens (tertiary/aromatic N) is 2. The van der Waals surface area contributed by atoms with Gasteiger partial charge in [0, 0.05) is 16.6 Å². The molecule has 1 aromatic rings. The Morgan fingerprint density at radius 2 is 2.21 bits per heavy atom. The van der Waals surface area contributed by atoms with Crippen LogP contribution < -0.4 is 0 Å². The number of carbonyl (C=O) groups is 1. The van der Waals surface area contributed by atoms with Crippen molar-refractivity contribution in [3.63, 3.8) is 0 Å². The van der Waals surface area contributed by atoms with E-state index in [4.69, 9.17) is 5.26 Å². The summed E-state index contributed by atoms with van der Waals surface area (Å²) in [5.74, 6) is -0.210. The normalized spacial score (nSPS) is 11.9. The van der Waals surface area contributed by atoms with Gasteiger partial charge in [-0.15, -0.1) is 11.3 Å². The molecule has 0 aliphatic carbocycles. The maximum Gasteiger partial charge on any atom is 0.170 e. The summed E-state index contributed by atoms with van der Waals surface area (Å²) < 4.78 is 0. The highest BCUT2D eigenvalue weighted by Crippen LogP contribution is 2.22. The van der Waals surface area contributed by atoms with E-state index >= 15 is 0 Å². The summed E-state index contributed by atoms with van der Waals surface area (Å²) in [5, 5.41) is 11.4. The number of aromatic nitrogens is 1. The van der Waals surface area contributed by atoms with Crippen molar-refractivity contribution in [2.45, 2.75) is 20.8 Å². The highest BCUT2D eigenvalue weighted by atomic mass is 32.1. The van der Waals surface area contributed by atoms with Crippen molar-refractivity contribution in [3.05, 3.63) is 21.7 Å². The number of nitriles is 1. The molecule has 0 fully saturated rings. The van der Waals surface area contributed by atoms with Crippen molar-refractivity contribution in [3.8, 4) is 6.07 Å². The fraction of sp³-hybridized carbons (Fsp3) is 0.300. The van der Waals surface area contributed by atoms with Crippen LogP contribution >= 0.6 is 11.3 Å². The van der Waals surface area contributed by atoms with Gasteiger partial charge in [0.1, 0.15) is 16.6 Å². The van der Waals surface area contributed by atoms with Crippen molar-refractivity contribution < 1.29 is 4.79 Å². The molecule has 0 spiro atoms. The third-order valence-electron chi connectivity index (χ3n) is 1.78. The first-order chi connectivity index (χ1) is 6.56. The van der Waals surface area contributed by atoms with Gasteiger partial charge >= 0.3 is 0 Å². The number of hydrogen-bond donors (Lipinski definition) is 0. The van der Waals surface area contributed by atoms with Crippen molar-refractivity contribution in [2.24, 2.45) is 0 Å². The molecule has 0 saturated heterocycles. The molecular weight excluding hydrogens is 196 g/mol. The molecule has 14 heavy (non-hydrogen) atoms. The van der Waals surface area contributed by atoms with E-state index < -0.39 is 0 Å². The van der Waals surface area contributed by atoms with Crippen LogP contribution in [0.3, 0.4) is 0 Å². The molecule has 0 aromatic carbocycles. The largest absolute Gasteiger partial charge is 0.294 e. The van der Waals surface area contributed by atoms with Crippen LogP contribution in [0, 0.1) is 18.3 Å². The van der Waals surface area contributed by atoms with Gasteiger partial charge in [0.05, 0.1) is 0 Å². The molecule has 0 amide bonds. The molecule has 0 aliphatic heterocycles. The minimum Gasteiger partial charge on any atom is -0.294 e. The van der Waals surface area contributed by atoms with Crippen LogP contribution in [0.4, 0.5) is 0 Å². The third-order valence-corrected chi connectivity index (χ3v) is 2.86. The van der Waals surface area contributed by atoms with Gasteiger partial charge in [-0.3, -0.25) is 4.79 Å². The molecule has 0 saturated carbocycles. The lowest BCUT2D eigenvalue weighted by molar-refractivity contribution is -0.113. The number of carbonyl (C=O) groups excluding carboxylic acids is 1. The molecule has 1 rings (SSSR count). The van der Waals surface area contributed by atoms with Crippen LogP contribution in [0.15, 0.2) is 11.0 Å². The number of hydrogen-bond acceptors (Lipinski definition) is 4. The second-order valence-electron chi connectivity index (χ2n) is 2.96. The molecule has 0 N–H and O–H groups in total. The predicted octanol–water partition coefficient (Wildman–Crippen LogP) is 2.34. The van der Waals surface area contributed by atoms with E-state index in [1.165, 1.54) is 18.3 Å². The summed E-state index contributed by atoms with van der Waals surface area (Å²) in [6.45, 7) is 5.02. The summed E-state index contributed by atoms with van der Waals surface area (Å²) in [5.41, 5.74) is 1.77. The molecule has 0 unspecified atom stereocenters. The Hall–Kier alpha value is -1.47. The third kappa shape index (κ3) is 2.06. The second-order valence-corrected chi connectivity index (χ2v) is 3.82.